The number of rotatable bonds is 6. The molecule has 6 heteroatoms. The van der Waals surface area contributed by atoms with E-state index in [0.717, 1.165) is 18.6 Å². The molecule has 138 valence electrons. The minimum absolute atomic E-state index is 0.123. The Bertz CT molecular complexity index is 600. The number of primary amides is 1. The fraction of sp³-hybridized carbons (Fsp3) is 0.579. The Labute approximate surface area is 154 Å². The number of ether oxygens (including phenoxy) is 1. The Balaban J connectivity index is 2.00. The average Bonchev–Trinajstić information content (AvgIpc) is 2.96. The maximum atomic E-state index is 12.9. The molecule has 1 aromatic carbocycles. The number of nitrogens with two attached hydrogens (primary N) is 1. The molecular formula is C19H28N2O3S. The Kier molecular flexibility index (Phi) is 6.38. The summed E-state index contributed by atoms with van der Waals surface area (Å²) in [7, 11) is 0. The maximum absolute atomic E-state index is 12.9. The largest absolute Gasteiger partial charge is 0.432 e. The summed E-state index contributed by atoms with van der Waals surface area (Å²) in [6.07, 6.45) is 1.32. The van der Waals surface area contributed by atoms with Gasteiger partial charge in [-0.1, -0.05) is 51.1 Å². The first kappa shape index (κ1) is 19.6. The van der Waals surface area contributed by atoms with Crippen molar-refractivity contribution in [3.05, 3.63) is 35.9 Å². The van der Waals surface area contributed by atoms with Gasteiger partial charge in [-0.25, -0.2) is 4.79 Å². The van der Waals surface area contributed by atoms with E-state index < -0.39 is 11.7 Å². The van der Waals surface area contributed by atoms with Gasteiger partial charge in [0.05, 0.1) is 5.25 Å². The van der Waals surface area contributed by atoms with Gasteiger partial charge in [-0.15, -0.1) is 0 Å². The predicted octanol–water partition coefficient (Wildman–Crippen LogP) is 3.12. The summed E-state index contributed by atoms with van der Waals surface area (Å²) < 4.78 is 5.42. The van der Waals surface area contributed by atoms with Crippen molar-refractivity contribution in [3.8, 4) is 0 Å². The van der Waals surface area contributed by atoms with Gasteiger partial charge in [-0.2, -0.15) is 11.8 Å². The summed E-state index contributed by atoms with van der Waals surface area (Å²) in [5.41, 5.74) is 5.16. The van der Waals surface area contributed by atoms with Gasteiger partial charge in [-0.3, -0.25) is 4.79 Å². The second-order valence-electron chi connectivity index (χ2n) is 7.52. The highest BCUT2D eigenvalue weighted by Gasteiger charge is 2.56. The summed E-state index contributed by atoms with van der Waals surface area (Å²) >= 11 is 1.67. The number of aryl methyl sites for hydroxylation is 1. The van der Waals surface area contributed by atoms with Gasteiger partial charge in [0.1, 0.15) is 0 Å². The molecule has 2 amide bonds. The Hall–Kier alpha value is -1.69. The van der Waals surface area contributed by atoms with Crippen molar-refractivity contribution in [2.24, 2.45) is 11.1 Å². The Morgan fingerprint density at radius 1 is 1.32 bits per heavy atom. The van der Waals surface area contributed by atoms with E-state index in [2.05, 4.69) is 38.2 Å². The number of thioether (sulfide) groups is 1. The molecule has 1 aromatic rings. The smallest absolute Gasteiger partial charge is 0.405 e. The summed E-state index contributed by atoms with van der Waals surface area (Å²) in [4.78, 5) is 24.4. The zero-order valence-electron chi connectivity index (χ0n) is 15.2. The lowest BCUT2D eigenvalue weighted by molar-refractivity contribution is -0.141. The van der Waals surface area contributed by atoms with Crippen molar-refractivity contribution >= 4 is 23.8 Å². The van der Waals surface area contributed by atoms with Crippen LogP contribution in [0.3, 0.4) is 0 Å². The molecule has 3 N–H and O–H groups in total. The van der Waals surface area contributed by atoms with Crippen LogP contribution in [0.4, 0.5) is 4.79 Å². The van der Waals surface area contributed by atoms with Gasteiger partial charge >= 0.3 is 6.09 Å². The molecule has 5 nitrogen and oxygen atoms in total. The van der Waals surface area contributed by atoms with Crippen molar-refractivity contribution in [3.63, 3.8) is 0 Å². The molecule has 0 radical (unpaired) electrons. The minimum Gasteiger partial charge on any atom is -0.432 e. The SMILES string of the molecule is CC(C)(C)C1SCCC1(OC(N)=O)C(=O)NCCCc1ccccc1. The lowest BCUT2D eigenvalue weighted by atomic mass is 9.79. The molecular weight excluding hydrogens is 336 g/mol. The van der Waals surface area contributed by atoms with Gasteiger partial charge in [0, 0.05) is 13.0 Å². The van der Waals surface area contributed by atoms with Crippen molar-refractivity contribution in [2.45, 2.75) is 50.9 Å². The van der Waals surface area contributed by atoms with E-state index >= 15 is 0 Å². The zero-order chi connectivity index (χ0) is 18.5. The first-order valence-electron chi connectivity index (χ1n) is 8.68. The van der Waals surface area contributed by atoms with Crippen LogP contribution in [-0.4, -0.2) is 35.1 Å². The second-order valence-corrected chi connectivity index (χ2v) is 8.74. The highest BCUT2D eigenvalue weighted by molar-refractivity contribution is 8.00. The lowest BCUT2D eigenvalue weighted by Crippen LogP contribution is -2.58. The van der Waals surface area contributed by atoms with Crippen molar-refractivity contribution < 1.29 is 14.3 Å². The average molecular weight is 365 g/mol. The Morgan fingerprint density at radius 2 is 2.00 bits per heavy atom. The van der Waals surface area contributed by atoms with Crippen LogP contribution < -0.4 is 11.1 Å². The zero-order valence-corrected chi connectivity index (χ0v) is 16.0. The fourth-order valence-electron chi connectivity index (χ4n) is 3.40. The first-order valence-corrected chi connectivity index (χ1v) is 9.73. The molecule has 1 aliphatic rings. The summed E-state index contributed by atoms with van der Waals surface area (Å²) in [5.74, 6) is 0.538. The van der Waals surface area contributed by atoms with E-state index in [1.807, 2.05) is 18.2 Å². The highest BCUT2D eigenvalue weighted by Crippen LogP contribution is 2.47. The van der Waals surface area contributed by atoms with E-state index in [0.29, 0.717) is 13.0 Å². The van der Waals surface area contributed by atoms with Crippen LogP contribution in [0.5, 0.6) is 0 Å². The molecule has 2 unspecified atom stereocenters. The van der Waals surface area contributed by atoms with Gasteiger partial charge < -0.3 is 15.8 Å². The molecule has 25 heavy (non-hydrogen) atoms. The van der Waals surface area contributed by atoms with E-state index in [9.17, 15) is 9.59 Å². The van der Waals surface area contributed by atoms with Crippen molar-refractivity contribution in [1.29, 1.82) is 0 Å². The number of carbonyl (C=O) groups is 2. The van der Waals surface area contributed by atoms with Crippen LogP contribution in [0.2, 0.25) is 0 Å². The van der Waals surface area contributed by atoms with E-state index in [-0.39, 0.29) is 16.6 Å². The van der Waals surface area contributed by atoms with Crippen LogP contribution in [0.25, 0.3) is 0 Å². The van der Waals surface area contributed by atoms with E-state index in [4.69, 9.17) is 10.5 Å². The molecule has 2 atom stereocenters. The molecule has 1 aliphatic heterocycles. The quantitative estimate of drug-likeness (QED) is 0.760. The minimum atomic E-state index is -1.18. The van der Waals surface area contributed by atoms with Gasteiger partial charge in [0.15, 0.2) is 0 Å². The number of hydrogen-bond donors (Lipinski definition) is 2. The fourth-order valence-corrected chi connectivity index (χ4v) is 5.09. The van der Waals surface area contributed by atoms with Crippen LogP contribution in [-0.2, 0) is 16.0 Å². The number of nitrogens with one attached hydrogen (secondary N) is 1. The maximum Gasteiger partial charge on any atom is 0.405 e. The summed E-state index contributed by atoms with van der Waals surface area (Å²) in [6, 6.07) is 10.1. The van der Waals surface area contributed by atoms with Crippen LogP contribution >= 0.6 is 11.8 Å². The topological polar surface area (TPSA) is 81.4 Å². The lowest BCUT2D eigenvalue weighted by Gasteiger charge is -2.39. The van der Waals surface area contributed by atoms with Crippen LogP contribution in [0, 0.1) is 5.41 Å². The van der Waals surface area contributed by atoms with Crippen LogP contribution in [0.1, 0.15) is 39.2 Å². The van der Waals surface area contributed by atoms with Gasteiger partial charge in [-0.05, 0) is 29.6 Å². The second kappa shape index (κ2) is 8.13. The molecule has 0 aliphatic carbocycles. The van der Waals surface area contributed by atoms with Crippen molar-refractivity contribution in [1.82, 2.24) is 5.32 Å². The predicted molar refractivity (Wildman–Crippen MR) is 101 cm³/mol. The first-order chi connectivity index (χ1) is 11.8. The summed E-state index contributed by atoms with van der Waals surface area (Å²) in [5, 5.41) is 2.83. The molecule has 2 rings (SSSR count). The third-order valence-corrected chi connectivity index (χ3v) is 6.27. The molecule has 1 saturated heterocycles. The standard InChI is InChI=1S/C19H28N2O3S/c1-18(2,3)15-19(11-13-25-15,24-17(20)23)16(22)21-12-7-10-14-8-5-4-6-9-14/h4-6,8-9,15H,7,10-13H2,1-3H3,(H2,20,23)(H,21,22). The molecule has 1 heterocycles. The van der Waals surface area contributed by atoms with Gasteiger partial charge in [0.25, 0.3) is 5.91 Å². The van der Waals surface area contributed by atoms with E-state index in [1.165, 1.54) is 5.56 Å². The van der Waals surface area contributed by atoms with Crippen LogP contribution in [0.15, 0.2) is 30.3 Å². The molecule has 0 aromatic heterocycles. The summed E-state index contributed by atoms with van der Waals surface area (Å²) in [6.45, 7) is 6.70. The number of amides is 2. The number of carbonyl (C=O) groups excluding carboxylic acids is 2. The monoisotopic (exact) mass is 364 g/mol. The Morgan fingerprint density at radius 3 is 2.60 bits per heavy atom. The number of benzene rings is 1. The highest BCUT2D eigenvalue weighted by atomic mass is 32.2. The molecule has 0 saturated carbocycles. The molecule has 1 fully saturated rings. The number of hydrogen-bond acceptors (Lipinski definition) is 4. The molecule has 0 spiro atoms. The third kappa shape index (κ3) is 4.91. The normalized spacial score (nSPS) is 23.2. The van der Waals surface area contributed by atoms with Crippen molar-refractivity contribution in [2.75, 3.05) is 12.3 Å². The van der Waals surface area contributed by atoms with Gasteiger partial charge in [0.2, 0.25) is 5.60 Å². The van der Waals surface area contributed by atoms with E-state index in [1.54, 1.807) is 11.8 Å². The molecule has 0 bridgehead atoms. The third-order valence-electron chi connectivity index (χ3n) is 4.41.